The third kappa shape index (κ3) is 1.66. The molecule has 0 fully saturated rings. The lowest BCUT2D eigenvalue weighted by molar-refractivity contribution is 0.699. The van der Waals surface area contributed by atoms with Crippen molar-refractivity contribution in [3.63, 3.8) is 0 Å². The summed E-state index contributed by atoms with van der Waals surface area (Å²) < 4.78 is 1.04. The monoisotopic (exact) mass is 228 g/mol. The van der Waals surface area contributed by atoms with Crippen molar-refractivity contribution in [3.8, 4) is 12.1 Å². The molecule has 0 aliphatic heterocycles. The number of fused-ring (bicyclic) bond motifs is 1. The van der Waals surface area contributed by atoms with Crippen LogP contribution in [0.5, 0.6) is 0 Å². The Hall–Kier alpha value is -2.27. The summed E-state index contributed by atoms with van der Waals surface area (Å²) in [5.74, 6) is 5.72. The molecule has 86 valence electrons. The molecular weight excluding hydrogens is 216 g/mol. The number of aromatic nitrogens is 1. The maximum atomic E-state index is 11.8. The first-order valence-corrected chi connectivity index (χ1v) is 5.56. The molecule has 5 nitrogen and oxygen atoms in total. The molecule has 1 aliphatic rings. The fraction of sp³-hybridized carbons (Fsp3) is 0.417. The number of nitrogens with zero attached hydrogens (tertiary/aromatic N) is 3. The predicted molar refractivity (Wildman–Crippen MR) is 61.5 cm³/mol. The molecular formula is C12H12N4O. The molecule has 2 N–H and O–H groups in total. The highest BCUT2D eigenvalue weighted by atomic mass is 16.1. The van der Waals surface area contributed by atoms with Gasteiger partial charge in [0.2, 0.25) is 0 Å². The second kappa shape index (κ2) is 4.31. The summed E-state index contributed by atoms with van der Waals surface area (Å²) in [5, 5.41) is 18.1. The van der Waals surface area contributed by atoms with Crippen molar-refractivity contribution in [1.82, 2.24) is 4.68 Å². The van der Waals surface area contributed by atoms with Crippen molar-refractivity contribution in [2.24, 2.45) is 0 Å². The number of nitrogen functional groups attached to an aromatic ring is 1. The van der Waals surface area contributed by atoms with E-state index in [0.29, 0.717) is 18.5 Å². The SMILES string of the molecule is N#Cc1c2c(n(N)c(=O)c1C#N)CCCCC2. The van der Waals surface area contributed by atoms with Crippen molar-refractivity contribution in [1.29, 1.82) is 10.5 Å². The van der Waals surface area contributed by atoms with Crippen LogP contribution in [0.4, 0.5) is 0 Å². The highest BCUT2D eigenvalue weighted by Gasteiger charge is 2.21. The molecule has 0 atom stereocenters. The molecule has 0 saturated heterocycles. The number of pyridine rings is 1. The third-order valence-electron chi connectivity index (χ3n) is 3.19. The van der Waals surface area contributed by atoms with Gasteiger partial charge >= 0.3 is 0 Å². The quantitative estimate of drug-likeness (QED) is 0.518. The number of rotatable bonds is 0. The van der Waals surface area contributed by atoms with E-state index in [9.17, 15) is 4.79 Å². The molecule has 17 heavy (non-hydrogen) atoms. The number of hydrogen-bond donors (Lipinski definition) is 1. The molecule has 0 saturated carbocycles. The highest BCUT2D eigenvalue weighted by Crippen LogP contribution is 2.23. The summed E-state index contributed by atoms with van der Waals surface area (Å²) in [7, 11) is 0. The summed E-state index contributed by atoms with van der Waals surface area (Å²) in [6.07, 6.45) is 4.38. The molecule has 0 radical (unpaired) electrons. The van der Waals surface area contributed by atoms with E-state index < -0.39 is 5.56 Å². The van der Waals surface area contributed by atoms with E-state index in [-0.39, 0.29) is 11.1 Å². The minimum Gasteiger partial charge on any atom is -0.336 e. The lowest BCUT2D eigenvalue weighted by Crippen LogP contribution is -2.34. The topological polar surface area (TPSA) is 95.6 Å². The van der Waals surface area contributed by atoms with E-state index in [1.165, 1.54) is 0 Å². The molecule has 1 aromatic rings. The standard InChI is InChI=1S/C12H12N4O/c13-6-9-8-4-2-1-3-5-11(8)16(15)12(17)10(9)7-14/h1-5,15H2. The second-order valence-corrected chi connectivity index (χ2v) is 4.13. The molecule has 0 aromatic carbocycles. The zero-order valence-electron chi connectivity index (χ0n) is 9.36. The predicted octanol–water partition coefficient (Wildman–Crippen LogP) is 0.574. The number of nitriles is 2. The van der Waals surface area contributed by atoms with Crippen molar-refractivity contribution in [2.45, 2.75) is 32.1 Å². The van der Waals surface area contributed by atoms with E-state index in [1.807, 2.05) is 6.07 Å². The van der Waals surface area contributed by atoms with Gasteiger partial charge in [0.05, 0.1) is 5.56 Å². The Kier molecular flexibility index (Phi) is 2.84. The Balaban J connectivity index is 2.84. The van der Waals surface area contributed by atoms with Crippen LogP contribution in [0.2, 0.25) is 0 Å². The second-order valence-electron chi connectivity index (χ2n) is 4.13. The van der Waals surface area contributed by atoms with Crippen molar-refractivity contribution < 1.29 is 0 Å². The molecule has 0 unspecified atom stereocenters. The number of nitrogens with two attached hydrogens (primary N) is 1. The van der Waals surface area contributed by atoms with Gasteiger partial charge in [-0.25, -0.2) is 4.68 Å². The van der Waals surface area contributed by atoms with E-state index in [4.69, 9.17) is 16.4 Å². The van der Waals surface area contributed by atoms with Crippen LogP contribution in [0.15, 0.2) is 4.79 Å². The fourth-order valence-corrected chi connectivity index (χ4v) is 2.33. The molecule has 0 spiro atoms. The fourth-order valence-electron chi connectivity index (χ4n) is 2.33. The van der Waals surface area contributed by atoms with Crippen LogP contribution in [-0.2, 0) is 12.8 Å². The minimum atomic E-state index is -0.565. The Morgan fingerprint density at radius 3 is 2.35 bits per heavy atom. The first-order valence-electron chi connectivity index (χ1n) is 5.56. The Morgan fingerprint density at radius 1 is 1.06 bits per heavy atom. The Labute approximate surface area is 98.7 Å². The van der Waals surface area contributed by atoms with Gasteiger partial charge in [0.25, 0.3) is 5.56 Å². The van der Waals surface area contributed by atoms with Crippen LogP contribution in [0.3, 0.4) is 0 Å². The normalized spacial score (nSPS) is 14.2. The van der Waals surface area contributed by atoms with Crippen molar-refractivity contribution >= 4 is 0 Å². The van der Waals surface area contributed by atoms with E-state index in [2.05, 4.69) is 0 Å². The smallest absolute Gasteiger partial charge is 0.288 e. The maximum Gasteiger partial charge on any atom is 0.288 e. The first kappa shape index (κ1) is 11.2. The molecule has 1 aliphatic carbocycles. The summed E-state index contributed by atoms with van der Waals surface area (Å²) in [4.78, 5) is 11.8. The summed E-state index contributed by atoms with van der Waals surface area (Å²) >= 11 is 0. The van der Waals surface area contributed by atoms with Gasteiger partial charge < -0.3 is 5.84 Å². The van der Waals surface area contributed by atoms with Gasteiger partial charge in [-0.1, -0.05) is 6.42 Å². The zero-order valence-corrected chi connectivity index (χ0v) is 9.36. The van der Waals surface area contributed by atoms with Gasteiger partial charge in [0.15, 0.2) is 0 Å². The molecule has 1 aromatic heterocycles. The lowest BCUT2D eigenvalue weighted by atomic mass is 9.99. The average Bonchev–Trinajstić information content (AvgIpc) is 2.59. The van der Waals surface area contributed by atoms with E-state index >= 15 is 0 Å². The van der Waals surface area contributed by atoms with Crippen LogP contribution >= 0.6 is 0 Å². The van der Waals surface area contributed by atoms with Crippen LogP contribution in [0.25, 0.3) is 0 Å². The Morgan fingerprint density at radius 2 is 1.71 bits per heavy atom. The maximum absolute atomic E-state index is 11.8. The van der Waals surface area contributed by atoms with Crippen LogP contribution in [0.1, 0.15) is 41.6 Å². The molecule has 0 amide bonds. The molecule has 1 heterocycles. The van der Waals surface area contributed by atoms with Gasteiger partial charge in [-0.05, 0) is 31.2 Å². The first-order chi connectivity index (χ1) is 8.20. The largest absolute Gasteiger partial charge is 0.336 e. The zero-order chi connectivity index (χ0) is 12.4. The highest BCUT2D eigenvalue weighted by molar-refractivity contribution is 5.51. The third-order valence-corrected chi connectivity index (χ3v) is 3.19. The van der Waals surface area contributed by atoms with Gasteiger partial charge in [-0.2, -0.15) is 10.5 Å². The van der Waals surface area contributed by atoms with Gasteiger partial charge in [-0.3, -0.25) is 4.79 Å². The van der Waals surface area contributed by atoms with Crippen LogP contribution < -0.4 is 11.4 Å². The summed E-state index contributed by atoms with van der Waals surface area (Å²) in [6, 6.07) is 3.77. The molecule has 5 heteroatoms. The Bertz CT molecular complexity index is 601. The number of hydrogen-bond acceptors (Lipinski definition) is 4. The molecule has 0 bridgehead atoms. The van der Waals surface area contributed by atoms with E-state index in [0.717, 1.165) is 29.5 Å². The van der Waals surface area contributed by atoms with Crippen molar-refractivity contribution in [2.75, 3.05) is 5.84 Å². The average molecular weight is 228 g/mol. The van der Waals surface area contributed by atoms with E-state index in [1.54, 1.807) is 6.07 Å². The van der Waals surface area contributed by atoms with Crippen LogP contribution in [-0.4, -0.2) is 4.68 Å². The van der Waals surface area contributed by atoms with Gasteiger partial charge in [0.1, 0.15) is 17.7 Å². The van der Waals surface area contributed by atoms with Gasteiger partial charge in [-0.15, -0.1) is 0 Å². The minimum absolute atomic E-state index is 0.129. The van der Waals surface area contributed by atoms with Gasteiger partial charge in [0, 0.05) is 5.69 Å². The summed E-state index contributed by atoms with van der Waals surface area (Å²) in [5.41, 5.74) is 1.02. The van der Waals surface area contributed by atoms with Crippen molar-refractivity contribution in [3.05, 3.63) is 32.7 Å². The molecule has 2 rings (SSSR count). The summed E-state index contributed by atoms with van der Waals surface area (Å²) in [6.45, 7) is 0. The van der Waals surface area contributed by atoms with Crippen LogP contribution in [0, 0.1) is 22.7 Å². The lowest BCUT2D eigenvalue weighted by Gasteiger charge is -2.13.